The largest absolute Gasteiger partial charge is 0.381 e. The number of ether oxygens (including phenoxy) is 1. The average Bonchev–Trinajstić information content (AvgIpc) is 2.86. The molecule has 1 aromatic rings. The van der Waals surface area contributed by atoms with E-state index in [1.54, 1.807) is 0 Å². The minimum absolute atomic E-state index is 0.719. The summed E-state index contributed by atoms with van der Waals surface area (Å²) in [6.45, 7) is 7.18. The quantitative estimate of drug-likeness (QED) is 0.753. The fraction of sp³-hybridized carbons (Fsp3) is 0.750. The van der Waals surface area contributed by atoms with Gasteiger partial charge in [-0.2, -0.15) is 5.10 Å². The van der Waals surface area contributed by atoms with Crippen molar-refractivity contribution in [2.45, 2.75) is 19.9 Å². The Kier molecular flexibility index (Phi) is 3.96. The van der Waals surface area contributed by atoms with Crippen LogP contribution in [0.2, 0.25) is 0 Å². The van der Waals surface area contributed by atoms with Gasteiger partial charge in [0, 0.05) is 38.5 Å². The predicted octanol–water partition coefficient (Wildman–Crippen LogP) is 1.28. The molecule has 1 fully saturated rings. The predicted molar refractivity (Wildman–Crippen MR) is 63.1 cm³/mol. The van der Waals surface area contributed by atoms with Gasteiger partial charge in [-0.1, -0.05) is 0 Å². The SMILES string of the molecule is CCOCC1CCN(Cc2cnn(C)c2)C1. The van der Waals surface area contributed by atoms with E-state index in [4.69, 9.17) is 4.74 Å². The van der Waals surface area contributed by atoms with Crippen LogP contribution in [-0.2, 0) is 18.3 Å². The molecule has 1 aliphatic heterocycles. The van der Waals surface area contributed by atoms with Crippen molar-refractivity contribution in [3.8, 4) is 0 Å². The van der Waals surface area contributed by atoms with E-state index in [0.717, 1.165) is 32.2 Å². The van der Waals surface area contributed by atoms with Gasteiger partial charge in [0.2, 0.25) is 0 Å². The highest BCUT2D eigenvalue weighted by molar-refractivity contribution is 5.03. The van der Waals surface area contributed by atoms with Crippen LogP contribution in [-0.4, -0.2) is 41.0 Å². The third-order valence-corrected chi connectivity index (χ3v) is 3.09. The minimum atomic E-state index is 0.719. The molecule has 2 rings (SSSR count). The maximum Gasteiger partial charge on any atom is 0.0534 e. The van der Waals surface area contributed by atoms with Crippen LogP contribution in [0.15, 0.2) is 12.4 Å². The molecule has 4 heteroatoms. The van der Waals surface area contributed by atoms with Crippen LogP contribution in [0.4, 0.5) is 0 Å². The van der Waals surface area contributed by atoms with E-state index < -0.39 is 0 Å². The second kappa shape index (κ2) is 5.46. The Morgan fingerprint density at radius 3 is 3.12 bits per heavy atom. The van der Waals surface area contributed by atoms with E-state index in [2.05, 4.69) is 23.1 Å². The number of rotatable bonds is 5. The van der Waals surface area contributed by atoms with Crippen molar-refractivity contribution in [1.82, 2.24) is 14.7 Å². The number of hydrogen-bond donors (Lipinski definition) is 0. The first-order valence-corrected chi connectivity index (χ1v) is 6.05. The summed E-state index contributed by atoms with van der Waals surface area (Å²) in [5.74, 6) is 0.719. The van der Waals surface area contributed by atoms with Crippen LogP contribution in [0.1, 0.15) is 18.9 Å². The van der Waals surface area contributed by atoms with Gasteiger partial charge < -0.3 is 4.74 Å². The smallest absolute Gasteiger partial charge is 0.0534 e. The van der Waals surface area contributed by atoms with Gasteiger partial charge >= 0.3 is 0 Å². The van der Waals surface area contributed by atoms with E-state index in [-0.39, 0.29) is 0 Å². The Morgan fingerprint density at radius 1 is 1.56 bits per heavy atom. The highest BCUT2D eigenvalue weighted by atomic mass is 16.5. The molecular formula is C12H21N3O. The molecule has 1 aliphatic rings. The molecule has 0 spiro atoms. The highest BCUT2D eigenvalue weighted by Gasteiger charge is 2.22. The van der Waals surface area contributed by atoms with Gasteiger partial charge in [0.15, 0.2) is 0 Å². The lowest BCUT2D eigenvalue weighted by Crippen LogP contribution is -2.21. The molecule has 0 amide bonds. The Hall–Kier alpha value is -0.870. The van der Waals surface area contributed by atoms with Gasteiger partial charge in [0.1, 0.15) is 0 Å². The lowest BCUT2D eigenvalue weighted by atomic mass is 10.1. The van der Waals surface area contributed by atoms with Crippen molar-refractivity contribution >= 4 is 0 Å². The average molecular weight is 223 g/mol. The van der Waals surface area contributed by atoms with Crippen LogP contribution < -0.4 is 0 Å². The second-order valence-corrected chi connectivity index (χ2v) is 4.57. The fourth-order valence-electron chi connectivity index (χ4n) is 2.29. The molecule has 1 atom stereocenters. The molecule has 1 aromatic heterocycles. The Morgan fingerprint density at radius 2 is 2.44 bits per heavy atom. The highest BCUT2D eigenvalue weighted by Crippen LogP contribution is 2.18. The zero-order chi connectivity index (χ0) is 11.4. The molecule has 4 nitrogen and oxygen atoms in total. The Bertz CT molecular complexity index is 324. The fourth-order valence-corrected chi connectivity index (χ4v) is 2.29. The summed E-state index contributed by atoms with van der Waals surface area (Å²) in [6, 6.07) is 0. The molecule has 16 heavy (non-hydrogen) atoms. The first-order valence-electron chi connectivity index (χ1n) is 6.05. The van der Waals surface area contributed by atoms with E-state index in [1.807, 2.05) is 17.9 Å². The van der Waals surface area contributed by atoms with Crippen LogP contribution in [0, 0.1) is 5.92 Å². The molecule has 1 unspecified atom stereocenters. The zero-order valence-corrected chi connectivity index (χ0v) is 10.2. The van der Waals surface area contributed by atoms with Crippen LogP contribution in [0.25, 0.3) is 0 Å². The molecule has 1 saturated heterocycles. The van der Waals surface area contributed by atoms with E-state index in [9.17, 15) is 0 Å². The normalized spacial score (nSPS) is 21.8. The van der Waals surface area contributed by atoms with Gasteiger partial charge in [-0.05, 0) is 25.8 Å². The maximum absolute atomic E-state index is 5.48. The van der Waals surface area contributed by atoms with Crippen molar-refractivity contribution in [3.63, 3.8) is 0 Å². The molecule has 0 aliphatic carbocycles. The lowest BCUT2D eigenvalue weighted by molar-refractivity contribution is 0.111. The molecule has 0 bridgehead atoms. The van der Waals surface area contributed by atoms with Crippen LogP contribution in [0.5, 0.6) is 0 Å². The molecule has 0 saturated carbocycles. The number of aryl methyl sites for hydroxylation is 1. The topological polar surface area (TPSA) is 30.3 Å². The van der Waals surface area contributed by atoms with E-state index >= 15 is 0 Å². The van der Waals surface area contributed by atoms with E-state index in [0.29, 0.717) is 0 Å². The first-order chi connectivity index (χ1) is 7.78. The molecular weight excluding hydrogens is 202 g/mol. The monoisotopic (exact) mass is 223 g/mol. The summed E-state index contributed by atoms with van der Waals surface area (Å²) in [5, 5.41) is 4.19. The van der Waals surface area contributed by atoms with Crippen LogP contribution >= 0.6 is 0 Å². The third kappa shape index (κ3) is 3.06. The van der Waals surface area contributed by atoms with Crippen molar-refractivity contribution < 1.29 is 4.74 Å². The van der Waals surface area contributed by atoms with Gasteiger partial charge in [0.05, 0.1) is 12.8 Å². The number of nitrogens with zero attached hydrogens (tertiary/aromatic N) is 3. The van der Waals surface area contributed by atoms with Crippen molar-refractivity contribution in [3.05, 3.63) is 18.0 Å². The van der Waals surface area contributed by atoms with Crippen molar-refractivity contribution in [2.75, 3.05) is 26.3 Å². The summed E-state index contributed by atoms with van der Waals surface area (Å²) in [5.41, 5.74) is 1.31. The molecule has 0 N–H and O–H groups in total. The number of hydrogen-bond acceptors (Lipinski definition) is 3. The zero-order valence-electron chi connectivity index (χ0n) is 10.2. The molecule has 2 heterocycles. The molecule has 0 aromatic carbocycles. The minimum Gasteiger partial charge on any atom is -0.381 e. The van der Waals surface area contributed by atoms with Gasteiger partial charge in [-0.25, -0.2) is 0 Å². The third-order valence-electron chi connectivity index (χ3n) is 3.09. The Labute approximate surface area is 97.2 Å². The van der Waals surface area contributed by atoms with Gasteiger partial charge in [0.25, 0.3) is 0 Å². The van der Waals surface area contributed by atoms with Gasteiger partial charge in [-0.15, -0.1) is 0 Å². The molecule has 90 valence electrons. The summed E-state index contributed by atoms with van der Waals surface area (Å²) in [6.07, 6.45) is 5.31. The summed E-state index contributed by atoms with van der Waals surface area (Å²) in [4.78, 5) is 2.49. The standard InChI is InChI=1S/C12H21N3O/c1-3-16-10-11-4-5-15(8-11)9-12-6-13-14(2)7-12/h6-7,11H,3-5,8-10H2,1-2H3. The first kappa shape index (κ1) is 11.6. The Balaban J connectivity index is 1.76. The van der Waals surface area contributed by atoms with Crippen LogP contribution in [0.3, 0.4) is 0 Å². The second-order valence-electron chi connectivity index (χ2n) is 4.57. The number of likely N-dealkylation sites (tertiary alicyclic amines) is 1. The van der Waals surface area contributed by atoms with Crippen molar-refractivity contribution in [2.24, 2.45) is 13.0 Å². The van der Waals surface area contributed by atoms with Crippen molar-refractivity contribution in [1.29, 1.82) is 0 Å². The van der Waals surface area contributed by atoms with Gasteiger partial charge in [-0.3, -0.25) is 9.58 Å². The lowest BCUT2D eigenvalue weighted by Gasteiger charge is -2.14. The van der Waals surface area contributed by atoms with E-state index in [1.165, 1.54) is 18.5 Å². The summed E-state index contributed by atoms with van der Waals surface area (Å²) in [7, 11) is 1.96. The summed E-state index contributed by atoms with van der Waals surface area (Å²) >= 11 is 0. The maximum atomic E-state index is 5.48. The number of aromatic nitrogens is 2. The summed E-state index contributed by atoms with van der Waals surface area (Å²) < 4.78 is 7.34. The molecule has 0 radical (unpaired) electrons.